The first-order valence-electron chi connectivity index (χ1n) is 6.63. The predicted molar refractivity (Wildman–Crippen MR) is 71.6 cm³/mol. The smallest absolute Gasteiger partial charge is 0.347 e. The largest absolute Gasteiger partial charge is 0.481 e. The minimum absolute atomic E-state index is 0.0273. The van der Waals surface area contributed by atoms with Gasteiger partial charge in [0.25, 0.3) is 0 Å². The molecule has 1 saturated heterocycles. The molecule has 0 bridgehead atoms. The summed E-state index contributed by atoms with van der Waals surface area (Å²) in [5, 5.41) is 12.0. The van der Waals surface area contributed by atoms with E-state index in [-0.39, 0.29) is 13.1 Å². The molecule has 2 heterocycles. The molecule has 2 N–H and O–H groups in total. The normalized spacial score (nSPS) is 17.1. The molecule has 2 rings (SSSR count). The molecular weight excluding hydrogens is 278 g/mol. The number of amides is 1. The molecule has 1 aromatic heterocycles. The van der Waals surface area contributed by atoms with Gasteiger partial charge in [0.05, 0.1) is 5.41 Å². The minimum Gasteiger partial charge on any atom is -0.481 e. The summed E-state index contributed by atoms with van der Waals surface area (Å²) in [6, 6.07) is 1.55. The van der Waals surface area contributed by atoms with Crippen LogP contribution in [-0.4, -0.2) is 46.3 Å². The van der Waals surface area contributed by atoms with Gasteiger partial charge in [-0.05, 0) is 18.9 Å². The highest BCUT2D eigenvalue weighted by Crippen LogP contribution is 2.29. The van der Waals surface area contributed by atoms with Gasteiger partial charge in [-0.15, -0.1) is 0 Å². The molecule has 8 nitrogen and oxygen atoms in total. The number of hydrogen-bond donors (Lipinski definition) is 2. The summed E-state index contributed by atoms with van der Waals surface area (Å²) in [6.45, 7) is 0.576. The predicted octanol–water partition coefficient (Wildman–Crippen LogP) is -0.759. The second kappa shape index (κ2) is 6.49. The molecule has 0 radical (unpaired) electrons. The van der Waals surface area contributed by atoms with Gasteiger partial charge < -0.3 is 15.2 Å². The molecule has 1 fully saturated rings. The fourth-order valence-corrected chi connectivity index (χ4v) is 2.21. The lowest BCUT2D eigenvalue weighted by molar-refractivity contribution is -0.154. The highest BCUT2D eigenvalue weighted by atomic mass is 16.5. The maximum Gasteiger partial charge on any atom is 0.347 e. The molecular formula is C13H17N3O5. The van der Waals surface area contributed by atoms with Gasteiger partial charge >= 0.3 is 11.7 Å². The zero-order valence-corrected chi connectivity index (χ0v) is 11.4. The molecule has 0 aromatic carbocycles. The lowest BCUT2D eigenvalue weighted by Crippen LogP contribution is -2.47. The van der Waals surface area contributed by atoms with Crippen LogP contribution in [0.5, 0.6) is 0 Å². The lowest BCUT2D eigenvalue weighted by Gasteiger charge is -2.33. The van der Waals surface area contributed by atoms with Crippen LogP contribution < -0.4 is 11.0 Å². The molecule has 114 valence electrons. The van der Waals surface area contributed by atoms with Crippen molar-refractivity contribution in [1.82, 2.24) is 14.9 Å². The molecule has 0 atom stereocenters. The van der Waals surface area contributed by atoms with Crippen LogP contribution >= 0.6 is 0 Å². The van der Waals surface area contributed by atoms with E-state index in [1.165, 1.54) is 12.4 Å². The highest BCUT2D eigenvalue weighted by molar-refractivity contribution is 5.79. The maximum absolute atomic E-state index is 11.8. The third-order valence-electron chi connectivity index (χ3n) is 3.62. The Hall–Kier alpha value is -2.22. The Kier molecular flexibility index (Phi) is 4.69. The van der Waals surface area contributed by atoms with Crippen molar-refractivity contribution in [3.8, 4) is 0 Å². The molecule has 21 heavy (non-hydrogen) atoms. The van der Waals surface area contributed by atoms with E-state index in [1.54, 1.807) is 6.07 Å². The Morgan fingerprint density at radius 2 is 2.14 bits per heavy atom. The first-order valence-corrected chi connectivity index (χ1v) is 6.63. The summed E-state index contributed by atoms with van der Waals surface area (Å²) >= 11 is 0. The average Bonchev–Trinajstić information content (AvgIpc) is 2.48. The van der Waals surface area contributed by atoms with E-state index in [0.717, 1.165) is 4.57 Å². The van der Waals surface area contributed by atoms with Crippen molar-refractivity contribution in [2.24, 2.45) is 5.41 Å². The number of hydrogen-bond acceptors (Lipinski definition) is 5. The van der Waals surface area contributed by atoms with Gasteiger partial charge in [0.1, 0.15) is 6.54 Å². The lowest BCUT2D eigenvalue weighted by atomic mass is 9.80. The molecule has 1 amide bonds. The summed E-state index contributed by atoms with van der Waals surface area (Å²) in [5.74, 6) is -1.36. The molecule has 0 spiro atoms. The number of ether oxygens (including phenoxy) is 1. The van der Waals surface area contributed by atoms with Crippen LogP contribution in [0.2, 0.25) is 0 Å². The van der Waals surface area contributed by atoms with Crippen LogP contribution in [0.25, 0.3) is 0 Å². The minimum atomic E-state index is -0.992. The van der Waals surface area contributed by atoms with E-state index in [4.69, 9.17) is 4.74 Å². The van der Waals surface area contributed by atoms with Gasteiger partial charge in [-0.2, -0.15) is 0 Å². The standard InChI is InChI=1S/C13H17N3O5/c17-10(8-16-5-1-4-14-12(16)20)15-9-13(11(18)19)2-6-21-7-3-13/h1,4-5H,2-3,6-9H2,(H,15,17)(H,18,19). The van der Waals surface area contributed by atoms with Crippen molar-refractivity contribution < 1.29 is 19.4 Å². The average molecular weight is 295 g/mol. The van der Waals surface area contributed by atoms with E-state index in [0.29, 0.717) is 26.1 Å². The Morgan fingerprint density at radius 1 is 1.43 bits per heavy atom. The quantitative estimate of drug-likeness (QED) is 0.739. The third kappa shape index (κ3) is 3.66. The molecule has 1 aromatic rings. The van der Waals surface area contributed by atoms with Crippen molar-refractivity contribution in [3.63, 3.8) is 0 Å². The SMILES string of the molecule is O=C(Cn1cccnc1=O)NCC1(C(=O)O)CCOCC1. The van der Waals surface area contributed by atoms with Crippen LogP contribution in [0, 0.1) is 5.41 Å². The second-order valence-electron chi connectivity index (χ2n) is 5.00. The number of carboxylic acids is 1. The molecule has 0 unspecified atom stereocenters. The third-order valence-corrected chi connectivity index (χ3v) is 3.62. The summed E-state index contributed by atoms with van der Waals surface area (Å²) in [6.07, 6.45) is 3.51. The summed E-state index contributed by atoms with van der Waals surface area (Å²) in [4.78, 5) is 38.2. The van der Waals surface area contributed by atoms with Crippen molar-refractivity contribution >= 4 is 11.9 Å². The van der Waals surface area contributed by atoms with Crippen molar-refractivity contribution in [2.75, 3.05) is 19.8 Å². The number of aliphatic carboxylic acids is 1. The molecule has 1 aliphatic rings. The number of nitrogens with one attached hydrogen (secondary N) is 1. The molecule has 0 aliphatic carbocycles. The highest BCUT2D eigenvalue weighted by Gasteiger charge is 2.40. The fraction of sp³-hybridized carbons (Fsp3) is 0.538. The number of carbonyl (C=O) groups excluding carboxylic acids is 1. The topological polar surface area (TPSA) is 111 Å². The second-order valence-corrected chi connectivity index (χ2v) is 5.00. The van der Waals surface area contributed by atoms with E-state index < -0.39 is 23.0 Å². The van der Waals surface area contributed by atoms with Crippen LogP contribution in [0.15, 0.2) is 23.3 Å². The summed E-state index contributed by atoms with van der Waals surface area (Å²) in [7, 11) is 0. The van der Waals surface area contributed by atoms with Crippen LogP contribution in [0.3, 0.4) is 0 Å². The Bertz CT molecular complexity index is 577. The number of carboxylic acid groups (broad SMARTS) is 1. The molecule has 8 heteroatoms. The first-order chi connectivity index (χ1) is 10.0. The van der Waals surface area contributed by atoms with Crippen LogP contribution in [0.1, 0.15) is 12.8 Å². The van der Waals surface area contributed by atoms with E-state index in [2.05, 4.69) is 10.3 Å². The summed E-state index contributed by atoms with van der Waals surface area (Å²) < 4.78 is 6.32. The van der Waals surface area contributed by atoms with Crippen LogP contribution in [-0.2, 0) is 20.9 Å². The first kappa shape index (κ1) is 15.2. The Labute approximate surface area is 120 Å². The van der Waals surface area contributed by atoms with Gasteiger partial charge in [-0.3, -0.25) is 14.2 Å². The van der Waals surface area contributed by atoms with Gasteiger partial charge in [0.2, 0.25) is 5.91 Å². The molecule has 0 saturated carbocycles. The van der Waals surface area contributed by atoms with E-state index in [9.17, 15) is 19.5 Å². The molecule has 1 aliphatic heterocycles. The van der Waals surface area contributed by atoms with Gasteiger partial charge in [-0.25, -0.2) is 9.78 Å². The van der Waals surface area contributed by atoms with Gasteiger partial charge in [0, 0.05) is 32.2 Å². The van der Waals surface area contributed by atoms with Gasteiger partial charge in [-0.1, -0.05) is 0 Å². The zero-order chi connectivity index (χ0) is 15.3. The van der Waals surface area contributed by atoms with E-state index >= 15 is 0 Å². The summed E-state index contributed by atoms with van der Waals surface area (Å²) in [5.41, 5.74) is -1.51. The van der Waals surface area contributed by atoms with Crippen LogP contribution in [0.4, 0.5) is 0 Å². The van der Waals surface area contributed by atoms with Crippen molar-refractivity contribution in [1.29, 1.82) is 0 Å². The monoisotopic (exact) mass is 295 g/mol. The van der Waals surface area contributed by atoms with Crippen molar-refractivity contribution in [3.05, 3.63) is 28.9 Å². The Balaban J connectivity index is 1.95. The van der Waals surface area contributed by atoms with Gasteiger partial charge in [0.15, 0.2) is 0 Å². The number of rotatable bonds is 5. The maximum atomic E-state index is 11.8. The van der Waals surface area contributed by atoms with E-state index in [1.807, 2.05) is 0 Å². The number of nitrogens with zero attached hydrogens (tertiary/aromatic N) is 2. The fourth-order valence-electron chi connectivity index (χ4n) is 2.21. The zero-order valence-electron chi connectivity index (χ0n) is 11.4. The number of aromatic nitrogens is 2. The number of carbonyl (C=O) groups is 2. The Morgan fingerprint density at radius 3 is 2.76 bits per heavy atom. The van der Waals surface area contributed by atoms with Crippen molar-refractivity contribution in [2.45, 2.75) is 19.4 Å².